The number of carbonyl (C=O) groups excluding carboxylic acids is 1. The molecule has 0 spiro atoms. The molecule has 1 aromatic rings. The highest BCUT2D eigenvalue weighted by atomic mass is 35.5. The molecule has 0 radical (unpaired) electrons. The topological polar surface area (TPSA) is 83.9 Å². The van der Waals surface area contributed by atoms with Crippen LogP contribution >= 0.6 is 23.2 Å². The molecule has 1 heterocycles. The number of hydrogen-bond acceptors (Lipinski definition) is 5. The number of nitrogens with zero attached hydrogens (tertiary/aromatic N) is 1. The van der Waals surface area contributed by atoms with Gasteiger partial charge in [0.05, 0.1) is 10.5 Å². The van der Waals surface area contributed by atoms with Gasteiger partial charge in [0, 0.05) is 16.6 Å². The summed E-state index contributed by atoms with van der Waals surface area (Å²) >= 11 is 11.8. The van der Waals surface area contributed by atoms with E-state index in [-0.39, 0.29) is 27.9 Å². The first-order chi connectivity index (χ1) is 11.2. The minimum atomic E-state index is -4.10. The molecule has 1 aliphatic rings. The Labute approximate surface area is 157 Å². The molecule has 140 valence electrons. The van der Waals surface area contributed by atoms with Gasteiger partial charge in [-0.1, -0.05) is 23.2 Å². The van der Waals surface area contributed by atoms with Crippen LogP contribution in [0.2, 0.25) is 10.0 Å². The van der Waals surface area contributed by atoms with Crippen molar-refractivity contribution in [1.29, 1.82) is 0 Å². The summed E-state index contributed by atoms with van der Waals surface area (Å²) in [5, 5.41) is 10.9. The second kappa shape index (κ2) is 6.70. The molecule has 1 unspecified atom stereocenters. The van der Waals surface area contributed by atoms with E-state index in [1.807, 2.05) is 0 Å². The summed E-state index contributed by atoms with van der Waals surface area (Å²) in [4.78, 5) is 12.4. The first-order valence-corrected chi connectivity index (χ1v) is 9.87. The molecule has 1 saturated heterocycles. The maximum absolute atomic E-state index is 13.0. The Hall–Kier alpha value is -0.860. The van der Waals surface area contributed by atoms with Gasteiger partial charge in [0.15, 0.2) is 6.04 Å². The molecule has 1 aliphatic heterocycles. The quantitative estimate of drug-likeness (QED) is 0.775. The van der Waals surface area contributed by atoms with E-state index in [1.54, 1.807) is 20.8 Å². The van der Waals surface area contributed by atoms with Crippen LogP contribution in [0.15, 0.2) is 23.1 Å². The van der Waals surface area contributed by atoms with Crippen molar-refractivity contribution in [3.63, 3.8) is 0 Å². The van der Waals surface area contributed by atoms with Crippen molar-refractivity contribution in [2.24, 2.45) is 0 Å². The number of hydrogen-bond donors (Lipinski definition) is 1. The van der Waals surface area contributed by atoms with Gasteiger partial charge in [0.2, 0.25) is 10.0 Å². The van der Waals surface area contributed by atoms with Crippen LogP contribution in [0.4, 0.5) is 0 Å². The molecule has 1 N–H and O–H groups in total. The van der Waals surface area contributed by atoms with Crippen LogP contribution < -0.4 is 0 Å². The highest BCUT2D eigenvalue weighted by Crippen LogP contribution is 2.36. The minimum absolute atomic E-state index is 0.0244. The summed E-state index contributed by atoms with van der Waals surface area (Å²) in [6.07, 6.45) is 0.102. The average molecular weight is 410 g/mol. The van der Waals surface area contributed by atoms with Gasteiger partial charge in [-0.2, -0.15) is 4.31 Å². The van der Waals surface area contributed by atoms with E-state index in [1.165, 1.54) is 25.1 Å². The summed E-state index contributed by atoms with van der Waals surface area (Å²) in [7, 11) is -4.10. The van der Waals surface area contributed by atoms with E-state index in [0.717, 1.165) is 4.31 Å². The fraction of sp³-hybridized carbons (Fsp3) is 0.562. The Balaban J connectivity index is 2.46. The molecular weight excluding hydrogens is 389 g/mol. The first kappa shape index (κ1) is 20.5. The van der Waals surface area contributed by atoms with Crippen molar-refractivity contribution in [1.82, 2.24) is 4.31 Å². The predicted octanol–water partition coefficient (Wildman–Crippen LogP) is 2.85. The molecular formula is C16H21Cl2NO5S. The molecule has 2 atom stereocenters. The van der Waals surface area contributed by atoms with Crippen LogP contribution in [0.25, 0.3) is 0 Å². The zero-order valence-corrected chi connectivity index (χ0v) is 16.7. The van der Waals surface area contributed by atoms with Crippen LogP contribution in [0.3, 0.4) is 0 Å². The van der Waals surface area contributed by atoms with E-state index in [0.29, 0.717) is 0 Å². The van der Waals surface area contributed by atoms with E-state index in [9.17, 15) is 18.3 Å². The SMILES string of the molecule is CC(C)(C)OC(=O)[C@H]1N(S(=O)(=O)c2cc(Cl)cc(Cl)c2)CCC1(C)O. The number of carbonyl (C=O) groups is 1. The fourth-order valence-corrected chi connectivity index (χ4v) is 5.11. The van der Waals surface area contributed by atoms with E-state index >= 15 is 0 Å². The van der Waals surface area contributed by atoms with E-state index < -0.39 is 33.2 Å². The summed E-state index contributed by atoms with van der Waals surface area (Å²) in [5.74, 6) is -0.799. The highest BCUT2D eigenvalue weighted by molar-refractivity contribution is 7.89. The number of ether oxygens (including phenoxy) is 1. The maximum Gasteiger partial charge on any atom is 0.327 e. The minimum Gasteiger partial charge on any atom is -0.459 e. The molecule has 0 amide bonds. The lowest BCUT2D eigenvalue weighted by atomic mass is 9.97. The summed E-state index contributed by atoms with van der Waals surface area (Å²) in [6.45, 7) is 6.41. The molecule has 6 nitrogen and oxygen atoms in total. The zero-order chi connectivity index (χ0) is 19.2. The Morgan fingerprint density at radius 3 is 2.28 bits per heavy atom. The number of esters is 1. The van der Waals surface area contributed by atoms with Crippen molar-refractivity contribution in [2.75, 3.05) is 6.54 Å². The third-order valence-electron chi connectivity index (χ3n) is 3.79. The third kappa shape index (κ3) is 4.46. The molecule has 2 rings (SSSR count). The Morgan fingerprint density at radius 1 is 1.28 bits per heavy atom. The smallest absolute Gasteiger partial charge is 0.327 e. The van der Waals surface area contributed by atoms with Gasteiger partial charge < -0.3 is 9.84 Å². The summed E-state index contributed by atoms with van der Waals surface area (Å²) in [6, 6.07) is 2.56. The van der Waals surface area contributed by atoms with Crippen LogP contribution in [-0.4, -0.2) is 47.6 Å². The van der Waals surface area contributed by atoms with Gasteiger partial charge in [-0.15, -0.1) is 0 Å². The molecule has 1 aromatic carbocycles. The standard InChI is InChI=1S/C16H21Cl2NO5S/c1-15(2,3)24-14(20)13-16(4,21)5-6-19(13)25(22,23)12-8-10(17)7-11(18)9-12/h7-9,13,21H,5-6H2,1-4H3/t13-,16?/m1/s1. The summed E-state index contributed by atoms with van der Waals surface area (Å²) < 4.78 is 32.3. The molecule has 1 fully saturated rings. The maximum atomic E-state index is 13.0. The average Bonchev–Trinajstić information content (AvgIpc) is 2.71. The van der Waals surface area contributed by atoms with Crippen molar-refractivity contribution >= 4 is 39.2 Å². The van der Waals surface area contributed by atoms with Gasteiger partial charge >= 0.3 is 5.97 Å². The second-order valence-corrected chi connectivity index (χ2v) is 10.0. The van der Waals surface area contributed by atoms with Gasteiger partial charge in [0.1, 0.15) is 5.60 Å². The fourth-order valence-electron chi connectivity index (χ4n) is 2.71. The number of rotatable bonds is 3. The second-order valence-electron chi connectivity index (χ2n) is 7.26. The van der Waals surface area contributed by atoms with Crippen molar-refractivity contribution in [3.8, 4) is 0 Å². The number of aliphatic hydroxyl groups is 1. The van der Waals surface area contributed by atoms with Crippen molar-refractivity contribution < 1.29 is 23.1 Å². The van der Waals surface area contributed by atoms with Gasteiger partial charge in [-0.05, 0) is 52.3 Å². The van der Waals surface area contributed by atoms with Crippen LogP contribution in [-0.2, 0) is 19.6 Å². The third-order valence-corrected chi connectivity index (χ3v) is 6.07. The largest absolute Gasteiger partial charge is 0.459 e. The normalized spacial score (nSPS) is 25.2. The Bertz CT molecular complexity index is 766. The predicted molar refractivity (Wildman–Crippen MR) is 95.2 cm³/mol. The van der Waals surface area contributed by atoms with Crippen molar-refractivity contribution in [3.05, 3.63) is 28.2 Å². The molecule has 9 heteroatoms. The zero-order valence-electron chi connectivity index (χ0n) is 14.4. The molecule has 25 heavy (non-hydrogen) atoms. The molecule has 0 saturated carbocycles. The van der Waals surface area contributed by atoms with Crippen LogP contribution in [0.5, 0.6) is 0 Å². The molecule has 0 aliphatic carbocycles. The summed E-state index contributed by atoms with van der Waals surface area (Å²) in [5.41, 5.74) is -2.36. The monoisotopic (exact) mass is 409 g/mol. The number of halogens is 2. The van der Waals surface area contributed by atoms with Gasteiger partial charge in [0.25, 0.3) is 0 Å². The lowest BCUT2D eigenvalue weighted by Crippen LogP contribution is -2.52. The Morgan fingerprint density at radius 2 is 1.80 bits per heavy atom. The van der Waals surface area contributed by atoms with Gasteiger partial charge in [-0.25, -0.2) is 8.42 Å². The lowest BCUT2D eigenvalue weighted by molar-refractivity contribution is -0.164. The van der Waals surface area contributed by atoms with Crippen molar-refractivity contribution in [2.45, 2.75) is 56.3 Å². The van der Waals surface area contributed by atoms with E-state index in [4.69, 9.17) is 27.9 Å². The number of benzene rings is 1. The molecule has 0 aromatic heterocycles. The molecule has 0 bridgehead atoms. The lowest BCUT2D eigenvalue weighted by Gasteiger charge is -2.32. The van der Waals surface area contributed by atoms with Crippen LogP contribution in [0, 0.1) is 0 Å². The first-order valence-electron chi connectivity index (χ1n) is 7.67. The highest BCUT2D eigenvalue weighted by Gasteiger charge is 2.53. The van der Waals surface area contributed by atoms with Gasteiger partial charge in [-0.3, -0.25) is 4.79 Å². The number of sulfonamides is 1. The Kier molecular flexibility index (Phi) is 5.48. The van der Waals surface area contributed by atoms with E-state index in [2.05, 4.69) is 0 Å². The van der Waals surface area contributed by atoms with Crippen LogP contribution in [0.1, 0.15) is 34.1 Å².